The van der Waals surface area contributed by atoms with Crippen LogP contribution < -0.4 is 10.6 Å². The molecule has 98 valence electrons. The van der Waals surface area contributed by atoms with Crippen LogP contribution in [0.15, 0.2) is 0 Å². The minimum absolute atomic E-state index is 0.215. The van der Waals surface area contributed by atoms with E-state index in [4.69, 9.17) is 11.0 Å². The van der Waals surface area contributed by atoms with Crippen molar-refractivity contribution in [3.63, 3.8) is 0 Å². The van der Waals surface area contributed by atoms with Gasteiger partial charge in [0.05, 0.1) is 12.8 Å². The van der Waals surface area contributed by atoms with Gasteiger partial charge >= 0.3 is 5.97 Å². The van der Waals surface area contributed by atoms with Crippen LogP contribution in [-0.2, 0) is 4.74 Å². The summed E-state index contributed by atoms with van der Waals surface area (Å²) in [4.78, 5) is 13.8. The van der Waals surface area contributed by atoms with E-state index in [1.165, 1.54) is 18.4 Å². The van der Waals surface area contributed by atoms with Crippen molar-refractivity contribution in [3.8, 4) is 6.07 Å². The molecular formula is C12H17N3O2S. The minimum Gasteiger partial charge on any atom is -0.465 e. The van der Waals surface area contributed by atoms with Gasteiger partial charge in [-0.3, -0.25) is 0 Å². The first-order valence-corrected chi connectivity index (χ1v) is 6.50. The summed E-state index contributed by atoms with van der Waals surface area (Å²) in [5, 5.41) is 9.87. The first-order valence-electron chi connectivity index (χ1n) is 5.68. The highest BCUT2D eigenvalue weighted by Crippen LogP contribution is 2.37. The van der Waals surface area contributed by atoms with Crippen molar-refractivity contribution >= 4 is 28.0 Å². The average molecular weight is 267 g/mol. The third-order valence-corrected chi connectivity index (χ3v) is 3.90. The van der Waals surface area contributed by atoms with Gasteiger partial charge in [0.2, 0.25) is 0 Å². The molecule has 1 rings (SSSR count). The molecule has 0 aromatic carbocycles. The van der Waals surface area contributed by atoms with Gasteiger partial charge in [-0.05, 0) is 6.42 Å². The largest absolute Gasteiger partial charge is 0.465 e. The normalized spacial score (nSPS) is 9.89. The molecule has 0 saturated carbocycles. The lowest BCUT2D eigenvalue weighted by Gasteiger charge is -2.16. The predicted molar refractivity (Wildman–Crippen MR) is 73.0 cm³/mol. The molecule has 1 heterocycles. The highest BCUT2D eigenvalue weighted by Gasteiger charge is 2.23. The van der Waals surface area contributed by atoms with Crippen molar-refractivity contribution in [2.45, 2.75) is 19.8 Å². The Kier molecular flexibility index (Phi) is 4.98. The van der Waals surface area contributed by atoms with E-state index in [2.05, 4.69) is 17.7 Å². The van der Waals surface area contributed by atoms with Crippen LogP contribution in [0.2, 0.25) is 0 Å². The standard InChI is InChI=1S/C12H17N3O2S/c1-4-5-6-15(2)11-8(7-13)9(14)10(18-11)12(16)17-3/h4-6,14H2,1-3H3. The summed E-state index contributed by atoms with van der Waals surface area (Å²) < 4.78 is 4.65. The molecule has 0 saturated heterocycles. The molecule has 0 aliphatic carbocycles. The van der Waals surface area contributed by atoms with E-state index in [1.807, 2.05) is 11.9 Å². The molecule has 0 amide bonds. The van der Waals surface area contributed by atoms with Crippen molar-refractivity contribution in [2.24, 2.45) is 0 Å². The molecule has 0 atom stereocenters. The molecule has 0 unspecified atom stereocenters. The maximum absolute atomic E-state index is 11.5. The van der Waals surface area contributed by atoms with Crippen molar-refractivity contribution < 1.29 is 9.53 Å². The minimum atomic E-state index is -0.496. The second kappa shape index (κ2) is 6.26. The number of hydrogen-bond donors (Lipinski definition) is 1. The summed E-state index contributed by atoms with van der Waals surface area (Å²) in [6.45, 7) is 2.92. The van der Waals surface area contributed by atoms with E-state index < -0.39 is 5.97 Å². The first-order chi connectivity index (χ1) is 8.56. The molecule has 6 heteroatoms. The Bertz CT molecular complexity index is 476. The zero-order valence-corrected chi connectivity index (χ0v) is 11.6. The monoisotopic (exact) mass is 267 g/mol. The van der Waals surface area contributed by atoms with Crippen molar-refractivity contribution in [1.29, 1.82) is 5.26 Å². The summed E-state index contributed by atoms with van der Waals surface area (Å²) >= 11 is 1.21. The topological polar surface area (TPSA) is 79.3 Å². The van der Waals surface area contributed by atoms with E-state index in [-0.39, 0.29) is 5.69 Å². The van der Waals surface area contributed by atoms with E-state index in [1.54, 1.807) is 0 Å². The van der Waals surface area contributed by atoms with Gasteiger partial charge in [-0.2, -0.15) is 5.26 Å². The van der Waals surface area contributed by atoms with Gasteiger partial charge in [0.1, 0.15) is 21.5 Å². The van der Waals surface area contributed by atoms with Crippen molar-refractivity contribution in [1.82, 2.24) is 0 Å². The average Bonchev–Trinajstić information content (AvgIpc) is 2.72. The molecule has 18 heavy (non-hydrogen) atoms. The third-order valence-electron chi connectivity index (χ3n) is 2.60. The summed E-state index contributed by atoms with van der Waals surface area (Å²) in [5.41, 5.74) is 6.39. The van der Waals surface area contributed by atoms with Crippen LogP contribution in [0.25, 0.3) is 0 Å². The number of unbranched alkanes of at least 4 members (excludes halogenated alkanes) is 1. The third kappa shape index (κ3) is 2.74. The smallest absolute Gasteiger partial charge is 0.350 e. The summed E-state index contributed by atoms with van der Waals surface area (Å²) in [5.74, 6) is -0.496. The van der Waals surface area contributed by atoms with Gasteiger partial charge < -0.3 is 15.4 Å². The van der Waals surface area contributed by atoms with E-state index in [0.29, 0.717) is 10.4 Å². The zero-order chi connectivity index (χ0) is 13.7. The van der Waals surface area contributed by atoms with Gasteiger partial charge in [-0.25, -0.2) is 4.79 Å². The van der Waals surface area contributed by atoms with Gasteiger partial charge in [0.25, 0.3) is 0 Å². The number of esters is 1. The second-order valence-electron chi connectivity index (χ2n) is 3.90. The molecule has 0 spiro atoms. The SMILES string of the molecule is CCCCN(C)c1sc(C(=O)OC)c(N)c1C#N. The van der Waals surface area contributed by atoms with Crippen LogP contribution in [0.4, 0.5) is 10.7 Å². The lowest BCUT2D eigenvalue weighted by atomic mass is 10.2. The number of nitrogens with two attached hydrogens (primary N) is 1. The molecule has 0 aliphatic rings. The molecule has 0 bridgehead atoms. The fraction of sp³-hybridized carbons (Fsp3) is 0.500. The number of anilines is 2. The number of thiophene rings is 1. The number of rotatable bonds is 5. The maximum Gasteiger partial charge on any atom is 0.350 e. The molecule has 1 aromatic heterocycles. The molecule has 0 aliphatic heterocycles. The number of carbonyl (C=O) groups excluding carboxylic acids is 1. The Morgan fingerprint density at radius 3 is 2.78 bits per heavy atom. The van der Waals surface area contributed by atoms with Gasteiger partial charge in [0.15, 0.2) is 0 Å². The van der Waals surface area contributed by atoms with Crippen molar-refractivity contribution in [2.75, 3.05) is 31.3 Å². The fourth-order valence-electron chi connectivity index (χ4n) is 1.55. The van der Waals surface area contributed by atoms with Crippen molar-refractivity contribution in [3.05, 3.63) is 10.4 Å². The molecule has 5 nitrogen and oxygen atoms in total. The lowest BCUT2D eigenvalue weighted by Crippen LogP contribution is -2.18. The van der Waals surface area contributed by atoms with Crippen LogP contribution in [0.3, 0.4) is 0 Å². The molecule has 1 aromatic rings. The summed E-state index contributed by atoms with van der Waals surface area (Å²) in [6, 6.07) is 2.06. The Morgan fingerprint density at radius 2 is 2.28 bits per heavy atom. The molecule has 0 fully saturated rings. The lowest BCUT2D eigenvalue weighted by molar-refractivity contribution is 0.0607. The van der Waals surface area contributed by atoms with Crippen LogP contribution in [0.5, 0.6) is 0 Å². The number of nitriles is 1. The highest BCUT2D eigenvalue weighted by atomic mass is 32.1. The Balaban J connectivity index is 3.12. The Morgan fingerprint density at radius 1 is 1.61 bits per heavy atom. The summed E-state index contributed by atoms with van der Waals surface area (Å²) in [7, 11) is 3.19. The number of nitrogen functional groups attached to an aromatic ring is 1. The van der Waals surface area contributed by atoms with Crippen LogP contribution in [0.1, 0.15) is 35.0 Å². The first kappa shape index (κ1) is 14.3. The molecule has 0 radical (unpaired) electrons. The second-order valence-corrected chi connectivity index (χ2v) is 4.90. The van der Waals surface area contributed by atoms with E-state index >= 15 is 0 Å². The molecule has 2 N–H and O–H groups in total. The van der Waals surface area contributed by atoms with Crippen LogP contribution >= 0.6 is 11.3 Å². The number of ether oxygens (including phenoxy) is 1. The number of nitrogens with zero attached hydrogens (tertiary/aromatic N) is 2. The fourth-order valence-corrected chi connectivity index (χ4v) is 2.63. The Labute approximate surface area is 111 Å². The number of carbonyl (C=O) groups is 1. The van der Waals surface area contributed by atoms with Gasteiger partial charge in [-0.1, -0.05) is 13.3 Å². The van der Waals surface area contributed by atoms with E-state index in [0.717, 1.165) is 24.4 Å². The number of methoxy groups -OCH3 is 1. The summed E-state index contributed by atoms with van der Waals surface area (Å²) in [6.07, 6.45) is 2.09. The van der Waals surface area contributed by atoms with Crippen LogP contribution in [-0.4, -0.2) is 26.7 Å². The highest BCUT2D eigenvalue weighted by molar-refractivity contribution is 7.18. The molecular weight excluding hydrogens is 250 g/mol. The van der Waals surface area contributed by atoms with Crippen LogP contribution in [0, 0.1) is 11.3 Å². The van der Waals surface area contributed by atoms with Gasteiger partial charge in [0, 0.05) is 13.6 Å². The Hall–Kier alpha value is -1.74. The number of hydrogen-bond acceptors (Lipinski definition) is 6. The quantitative estimate of drug-likeness (QED) is 0.827. The zero-order valence-electron chi connectivity index (χ0n) is 10.8. The predicted octanol–water partition coefficient (Wildman–Crippen LogP) is 2.22. The maximum atomic E-state index is 11.5. The van der Waals surface area contributed by atoms with Gasteiger partial charge in [-0.15, -0.1) is 11.3 Å². The van der Waals surface area contributed by atoms with E-state index in [9.17, 15) is 4.79 Å².